The average molecular weight is 293 g/mol. The van der Waals surface area contributed by atoms with Gasteiger partial charge in [-0.05, 0) is 38.1 Å². The molecule has 6 heteroatoms. The molecule has 116 valence electrons. The molecule has 0 bridgehead atoms. The van der Waals surface area contributed by atoms with E-state index >= 15 is 0 Å². The molecule has 0 aliphatic carbocycles. The van der Waals surface area contributed by atoms with E-state index in [0.29, 0.717) is 19.7 Å². The molecule has 1 aromatic rings. The number of carbonyl (C=O) groups excluding carboxylic acids is 1. The van der Waals surface area contributed by atoms with Gasteiger partial charge in [0.2, 0.25) is 0 Å². The van der Waals surface area contributed by atoms with Crippen molar-refractivity contribution < 1.29 is 13.9 Å². The summed E-state index contributed by atoms with van der Waals surface area (Å²) < 4.78 is 11.0. The highest BCUT2D eigenvalue weighted by Gasteiger charge is 2.28. The molecule has 2 atom stereocenters. The summed E-state index contributed by atoms with van der Waals surface area (Å²) in [7, 11) is 0. The highest BCUT2D eigenvalue weighted by atomic mass is 16.5. The summed E-state index contributed by atoms with van der Waals surface area (Å²) >= 11 is 0. The molecule has 6 nitrogen and oxygen atoms in total. The maximum Gasteiger partial charge on any atom is 0.250 e. The van der Waals surface area contributed by atoms with Gasteiger partial charge in [0.1, 0.15) is 11.9 Å². The third-order valence-corrected chi connectivity index (χ3v) is 4.14. The van der Waals surface area contributed by atoms with Crippen LogP contribution in [0.2, 0.25) is 0 Å². The number of morpholine rings is 1. The number of amides is 1. The molecule has 2 aliphatic rings. The van der Waals surface area contributed by atoms with Crippen LogP contribution < -0.4 is 10.6 Å². The lowest BCUT2D eigenvalue weighted by Gasteiger charge is -2.28. The normalized spacial score (nSPS) is 24.9. The number of furan rings is 1. The number of rotatable bonds is 5. The monoisotopic (exact) mass is 293 g/mol. The molecule has 3 rings (SSSR count). The summed E-state index contributed by atoms with van der Waals surface area (Å²) in [5, 5.41) is 6.18. The predicted molar refractivity (Wildman–Crippen MR) is 77.9 cm³/mol. The molecule has 0 saturated carbocycles. The van der Waals surface area contributed by atoms with Crippen molar-refractivity contribution in [2.45, 2.75) is 25.0 Å². The topological polar surface area (TPSA) is 66.7 Å². The first-order valence-corrected chi connectivity index (χ1v) is 7.72. The van der Waals surface area contributed by atoms with Gasteiger partial charge in [-0.3, -0.25) is 9.69 Å². The number of nitrogens with zero attached hydrogens (tertiary/aromatic N) is 1. The Bertz CT molecular complexity index is 437. The lowest BCUT2D eigenvalue weighted by Crippen LogP contribution is -2.49. The van der Waals surface area contributed by atoms with E-state index in [1.54, 1.807) is 6.26 Å². The van der Waals surface area contributed by atoms with Crippen molar-refractivity contribution in [1.82, 2.24) is 15.5 Å². The van der Waals surface area contributed by atoms with E-state index < -0.39 is 0 Å². The smallest absolute Gasteiger partial charge is 0.250 e. The molecule has 2 N–H and O–H groups in total. The van der Waals surface area contributed by atoms with Crippen LogP contribution >= 0.6 is 0 Å². The molecule has 0 spiro atoms. The fourth-order valence-corrected chi connectivity index (χ4v) is 2.99. The molecule has 21 heavy (non-hydrogen) atoms. The molecule has 2 saturated heterocycles. The first-order chi connectivity index (χ1) is 10.3. The van der Waals surface area contributed by atoms with E-state index in [2.05, 4.69) is 15.5 Å². The second kappa shape index (κ2) is 7.06. The van der Waals surface area contributed by atoms with Gasteiger partial charge < -0.3 is 19.8 Å². The molecule has 0 radical (unpaired) electrons. The predicted octanol–water partition coefficient (Wildman–Crippen LogP) is 0.521. The standard InChI is InChI=1S/C15H23N3O3/c19-15(14-11-16-5-9-21-14)17-10-12(13-4-3-8-20-13)18-6-1-2-7-18/h3-4,8,12,14,16H,1-2,5-7,9-11H2,(H,17,19). The van der Waals surface area contributed by atoms with Crippen LogP contribution in [0.15, 0.2) is 22.8 Å². The van der Waals surface area contributed by atoms with E-state index in [-0.39, 0.29) is 18.1 Å². The first kappa shape index (κ1) is 14.6. The third kappa shape index (κ3) is 3.64. The molecular formula is C15H23N3O3. The Balaban J connectivity index is 1.58. The van der Waals surface area contributed by atoms with E-state index in [4.69, 9.17) is 9.15 Å². The van der Waals surface area contributed by atoms with Gasteiger partial charge in [-0.1, -0.05) is 0 Å². The molecule has 2 fully saturated rings. The van der Waals surface area contributed by atoms with Crippen molar-refractivity contribution in [3.63, 3.8) is 0 Å². The van der Waals surface area contributed by atoms with E-state index in [1.807, 2.05) is 12.1 Å². The largest absolute Gasteiger partial charge is 0.468 e. The van der Waals surface area contributed by atoms with Crippen LogP contribution in [-0.4, -0.2) is 56.2 Å². The Kier molecular flexibility index (Phi) is 4.90. The maximum absolute atomic E-state index is 12.2. The van der Waals surface area contributed by atoms with Crippen LogP contribution in [0, 0.1) is 0 Å². The summed E-state index contributed by atoms with van der Waals surface area (Å²) in [6.07, 6.45) is 3.73. The molecule has 1 aromatic heterocycles. The molecule has 2 aliphatic heterocycles. The third-order valence-electron chi connectivity index (χ3n) is 4.14. The zero-order valence-electron chi connectivity index (χ0n) is 12.2. The SMILES string of the molecule is O=C(NCC(c1ccco1)N1CCCC1)C1CNCCO1. The Labute approximate surface area is 124 Å². The Morgan fingerprint density at radius 1 is 1.48 bits per heavy atom. The van der Waals surface area contributed by atoms with Gasteiger partial charge in [-0.2, -0.15) is 0 Å². The fraction of sp³-hybridized carbons (Fsp3) is 0.667. The van der Waals surface area contributed by atoms with Crippen LogP contribution in [0.25, 0.3) is 0 Å². The lowest BCUT2D eigenvalue weighted by atomic mass is 10.2. The van der Waals surface area contributed by atoms with Crippen LogP contribution in [0.5, 0.6) is 0 Å². The molecule has 1 amide bonds. The second-order valence-corrected chi connectivity index (χ2v) is 5.58. The average Bonchev–Trinajstić information content (AvgIpc) is 3.22. The molecular weight excluding hydrogens is 270 g/mol. The summed E-state index contributed by atoms with van der Waals surface area (Å²) in [6, 6.07) is 3.99. The van der Waals surface area contributed by atoms with Gasteiger partial charge in [0.15, 0.2) is 0 Å². The number of nitrogens with one attached hydrogen (secondary N) is 2. The summed E-state index contributed by atoms with van der Waals surface area (Å²) in [5.74, 6) is 0.873. The zero-order valence-corrected chi connectivity index (χ0v) is 12.2. The number of likely N-dealkylation sites (tertiary alicyclic amines) is 1. The number of hydrogen-bond donors (Lipinski definition) is 2. The minimum Gasteiger partial charge on any atom is -0.468 e. The van der Waals surface area contributed by atoms with Crippen molar-refractivity contribution in [3.8, 4) is 0 Å². The number of carbonyl (C=O) groups is 1. The van der Waals surface area contributed by atoms with Gasteiger partial charge in [0.05, 0.1) is 18.9 Å². The van der Waals surface area contributed by atoms with Crippen LogP contribution in [-0.2, 0) is 9.53 Å². The number of ether oxygens (including phenoxy) is 1. The van der Waals surface area contributed by atoms with Gasteiger partial charge >= 0.3 is 0 Å². The Morgan fingerprint density at radius 2 is 2.33 bits per heavy atom. The summed E-state index contributed by atoms with van der Waals surface area (Å²) in [4.78, 5) is 14.5. The fourth-order valence-electron chi connectivity index (χ4n) is 2.99. The van der Waals surface area contributed by atoms with Gasteiger partial charge in [0, 0.05) is 19.6 Å². The van der Waals surface area contributed by atoms with Crippen LogP contribution in [0.1, 0.15) is 24.6 Å². The maximum atomic E-state index is 12.2. The highest BCUT2D eigenvalue weighted by molar-refractivity contribution is 5.81. The number of hydrogen-bond acceptors (Lipinski definition) is 5. The molecule has 3 heterocycles. The highest BCUT2D eigenvalue weighted by Crippen LogP contribution is 2.24. The summed E-state index contributed by atoms with van der Waals surface area (Å²) in [5.41, 5.74) is 0. The van der Waals surface area contributed by atoms with Gasteiger partial charge in [0.25, 0.3) is 5.91 Å². The van der Waals surface area contributed by atoms with E-state index in [0.717, 1.165) is 25.4 Å². The Morgan fingerprint density at radius 3 is 3.00 bits per heavy atom. The minimum absolute atomic E-state index is 0.0436. The van der Waals surface area contributed by atoms with Crippen LogP contribution in [0.4, 0.5) is 0 Å². The van der Waals surface area contributed by atoms with Crippen molar-refractivity contribution in [3.05, 3.63) is 24.2 Å². The first-order valence-electron chi connectivity index (χ1n) is 7.72. The minimum atomic E-state index is -0.380. The Hall–Kier alpha value is -1.37. The second-order valence-electron chi connectivity index (χ2n) is 5.58. The lowest BCUT2D eigenvalue weighted by molar-refractivity contribution is -0.134. The van der Waals surface area contributed by atoms with Crippen molar-refractivity contribution in [1.29, 1.82) is 0 Å². The zero-order chi connectivity index (χ0) is 14.5. The quantitative estimate of drug-likeness (QED) is 0.828. The van der Waals surface area contributed by atoms with Crippen LogP contribution in [0.3, 0.4) is 0 Å². The molecule has 0 aromatic carbocycles. The van der Waals surface area contributed by atoms with Gasteiger partial charge in [-0.15, -0.1) is 0 Å². The van der Waals surface area contributed by atoms with Crippen molar-refractivity contribution >= 4 is 5.91 Å². The molecule has 2 unspecified atom stereocenters. The summed E-state index contributed by atoms with van der Waals surface area (Å²) in [6.45, 7) is 4.66. The van der Waals surface area contributed by atoms with E-state index in [1.165, 1.54) is 12.8 Å². The van der Waals surface area contributed by atoms with Crippen molar-refractivity contribution in [2.24, 2.45) is 0 Å². The van der Waals surface area contributed by atoms with E-state index in [9.17, 15) is 4.79 Å². The van der Waals surface area contributed by atoms with Crippen molar-refractivity contribution in [2.75, 3.05) is 39.3 Å². The van der Waals surface area contributed by atoms with Gasteiger partial charge in [-0.25, -0.2) is 0 Å².